The number of rotatable bonds is 4. The van der Waals surface area contributed by atoms with Crippen LogP contribution in [0.1, 0.15) is 25.0 Å². The third-order valence-electron chi connectivity index (χ3n) is 3.39. The number of halogens is 2. The van der Waals surface area contributed by atoms with Gasteiger partial charge in [0.15, 0.2) is 5.78 Å². The molecular formula is C19H16F2O. The van der Waals surface area contributed by atoms with Crippen molar-refractivity contribution in [2.75, 3.05) is 0 Å². The number of allylic oxidation sites excluding steroid dienone is 4. The zero-order chi connectivity index (χ0) is 16.1. The number of ketones is 1. The fourth-order valence-corrected chi connectivity index (χ4v) is 2.32. The Bertz CT molecular complexity index is 694. The van der Waals surface area contributed by atoms with Crippen LogP contribution in [0.25, 0.3) is 11.1 Å². The van der Waals surface area contributed by atoms with E-state index in [9.17, 15) is 13.6 Å². The van der Waals surface area contributed by atoms with Gasteiger partial charge in [0.25, 0.3) is 0 Å². The molecule has 112 valence electrons. The average molecular weight is 298 g/mol. The van der Waals surface area contributed by atoms with E-state index >= 15 is 0 Å². The minimum atomic E-state index is -0.479. The van der Waals surface area contributed by atoms with Gasteiger partial charge < -0.3 is 0 Å². The highest BCUT2D eigenvalue weighted by molar-refractivity contribution is 6.42. The second-order valence-electron chi connectivity index (χ2n) is 4.69. The first kappa shape index (κ1) is 15.8. The van der Waals surface area contributed by atoms with Gasteiger partial charge in [0.05, 0.1) is 0 Å². The number of Topliss-reactive ketones (excluding diaryl/α,β-unsaturated/α-hetero) is 1. The molecule has 0 spiro atoms. The molecule has 2 aromatic rings. The fourth-order valence-electron chi connectivity index (χ4n) is 2.32. The van der Waals surface area contributed by atoms with Crippen LogP contribution in [-0.4, -0.2) is 5.78 Å². The van der Waals surface area contributed by atoms with E-state index in [2.05, 4.69) is 0 Å². The maximum atomic E-state index is 13.9. The number of hydrogen-bond donors (Lipinski definition) is 0. The summed E-state index contributed by atoms with van der Waals surface area (Å²) < 4.78 is 27.9. The Morgan fingerprint density at radius 1 is 0.773 bits per heavy atom. The van der Waals surface area contributed by atoms with E-state index in [1.54, 1.807) is 50.3 Å². The van der Waals surface area contributed by atoms with Crippen LogP contribution in [-0.2, 0) is 4.79 Å². The summed E-state index contributed by atoms with van der Waals surface area (Å²) in [5, 5.41) is 0. The normalized spacial score (nSPS) is 12.4. The van der Waals surface area contributed by atoms with E-state index in [4.69, 9.17) is 0 Å². The van der Waals surface area contributed by atoms with E-state index < -0.39 is 17.4 Å². The molecule has 0 aliphatic carbocycles. The first-order chi connectivity index (χ1) is 10.6. The average Bonchev–Trinajstić information content (AvgIpc) is 2.52. The quantitative estimate of drug-likeness (QED) is 0.723. The molecule has 1 nitrogen and oxygen atoms in total. The molecular weight excluding hydrogens is 282 g/mol. The Balaban J connectivity index is 2.49. The highest BCUT2D eigenvalue weighted by Gasteiger charge is 2.21. The van der Waals surface area contributed by atoms with Gasteiger partial charge in [-0.05, 0) is 26.0 Å². The van der Waals surface area contributed by atoms with Crippen molar-refractivity contribution in [3.05, 3.63) is 83.4 Å². The van der Waals surface area contributed by atoms with Crippen molar-refractivity contribution >= 4 is 16.9 Å². The van der Waals surface area contributed by atoms with Crippen molar-refractivity contribution in [2.45, 2.75) is 13.8 Å². The molecule has 0 fully saturated rings. The highest BCUT2D eigenvalue weighted by Crippen LogP contribution is 2.28. The maximum absolute atomic E-state index is 13.9. The molecule has 0 atom stereocenters. The number of benzene rings is 2. The van der Waals surface area contributed by atoms with Gasteiger partial charge in [0.2, 0.25) is 0 Å². The lowest BCUT2D eigenvalue weighted by molar-refractivity contribution is -0.108. The summed E-state index contributed by atoms with van der Waals surface area (Å²) in [6.07, 6.45) is 3.09. The molecule has 0 saturated carbocycles. The Labute approximate surface area is 128 Å². The van der Waals surface area contributed by atoms with Crippen LogP contribution < -0.4 is 0 Å². The summed E-state index contributed by atoms with van der Waals surface area (Å²) in [6, 6.07) is 12.1. The van der Waals surface area contributed by atoms with Gasteiger partial charge in [-0.1, -0.05) is 48.6 Å². The monoisotopic (exact) mass is 298 g/mol. The lowest BCUT2D eigenvalue weighted by Crippen LogP contribution is -2.07. The third-order valence-corrected chi connectivity index (χ3v) is 3.39. The van der Waals surface area contributed by atoms with Crippen molar-refractivity contribution in [3.8, 4) is 0 Å². The molecule has 0 saturated heterocycles. The van der Waals surface area contributed by atoms with Gasteiger partial charge in [-0.3, -0.25) is 4.79 Å². The summed E-state index contributed by atoms with van der Waals surface area (Å²) in [6.45, 7) is 3.32. The second-order valence-corrected chi connectivity index (χ2v) is 4.69. The van der Waals surface area contributed by atoms with E-state index in [-0.39, 0.29) is 22.3 Å². The summed E-state index contributed by atoms with van der Waals surface area (Å²) in [7, 11) is 0. The zero-order valence-electron chi connectivity index (χ0n) is 12.4. The molecule has 3 heteroatoms. The van der Waals surface area contributed by atoms with Crippen LogP contribution in [0.15, 0.2) is 60.7 Å². The number of carbonyl (C=O) groups is 1. The summed E-state index contributed by atoms with van der Waals surface area (Å²) in [5.41, 5.74) is 0.861. The van der Waals surface area contributed by atoms with Crippen LogP contribution in [0.5, 0.6) is 0 Å². The first-order valence-electron chi connectivity index (χ1n) is 6.97. The van der Waals surface area contributed by atoms with Crippen LogP contribution in [0, 0.1) is 11.6 Å². The molecule has 0 unspecified atom stereocenters. The van der Waals surface area contributed by atoms with Crippen molar-refractivity contribution in [1.29, 1.82) is 0 Å². The predicted octanol–water partition coefficient (Wildman–Crippen LogP) is 5.04. The SMILES string of the molecule is CC=C(C(=O)C(=CC)c1ccccc1F)c1ccccc1F. The molecule has 0 bridgehead atoms. The highest BCUT2D eigenvalue weighted by atomic mass is 19.1. The molecule has 0 N–H and O–H groups in total. The molecule has 2 rings (SSSR count). The van der Waals surface area contributed by atoms with Crippen LogP contribution in [0.3, 0.4) is 0 Å². The fraction of sp³-hybridized carbons (Fsp3) is 0.105. The zero-order valence-corrected chi connectivity index (χ0v) is 12.4. The third kappa shape index (κ3) is 3.03. The molecule has 0 aliphatic rings. The number of carbonyl (C=O) groups excluding carboxylic acids is 1. The Morgan fingerprint density at radius 2 is 1.14 bits per heavy atom. The standard InChI is InChI=1S/C19H16F2O/c1-3-13(15-9-5-7-11-17(15)20)19(22)14(4-2)16-10-6-8-12-18(16)21/h3-12H,1-2H3. The molecule has 0 aliphatic heterocycles. The Kier molecular flexibility index (Phi) is 4.99. The van der Waals surface area contributed by atoms with E-state index in [0.29, 0.717) is 0 Å². The van der Waals surface area contributed by atoms with Gasteiger partial charge in [-0.2, -0.15) is 0 Å². The van der Waals surface area contributed by atoms with Gasteiger partial charge >= 0.3 is 0 Å². The summed E-state index contributed by atoms with van der Waals surface area (Å²) >= 11 is 0. The van der Waals surface area contributed by atoms with Crippen molar-refractivity contribution < 1.29 is 13.6 Å². The molecule has 0 amide bonds. The molecule has 0 radical (unpaired) electrons. The van der Waals surface area contributed by atoms with Gasteiger partial charge in [-0.25, -0.2) is 8.78 Å². The number of hydrogen-bond acceptors (Lipinski definition) is 1. The molecule has 2 aromatic carbocycles. The van der Waals surface area contributed by atoms with Crippen molar-refractivity contribution in [1.82, 2.24) is 0 Å². The van der Waals surface area contributed by atoms with E-state index in [0.717, 1.165) is 0 Å². The maximum Gasteiger partial charge on any atom is 0.193 e. The lowest BCUT2D eigenvalue weighted by Gasteiger charge is -2.11. The Hall–Kier alpha value is -2.55. The van der Waals surface area contributed by atoms with Crippen LogP contribution in [0.4, 0.5) is 8.78 Å². The smallest absolute Gasteiger partial charge is 0.193 e. The van der Waals surface area contributed by atoms with Crippen molar-refractivity contribution in [3.63, 3.8) is 0 Å². The topological polar surface area (TPSA) is 17.1 Å². The molecule has 0 heterocycles. The van der Waals surface area contributed by atoms with Crippen LogP contribution in [0.2, 0.25) is 0 Å². The summed E-state index contributed by atoms with van der Waals surface area (Å²) in [4.78, 5) is 12.7. The van der Waals surface area contributed by atoms with E-state index in [1.807, 2.05) is 0 Å². The Morgan fingerprint density at radius 3 is 1.45 bits per heavy atom. The van der Waals surface area contributed by atoms with Crippen molar-refractivity contribution in [2.24, 2.45) is 0 Å². The van der Waals surface area contributed by atoms with Gasteiger partial charge in [0.1, 0.15) is 11.6 Å². The largest absolute Gasteiger partial charge is 0.289 e. The lowest BCUT2D eigenvalue weighted by atomic mass is 9.92. The van der Waals surface area contributed by atoms with Crippen LogP contribution >= 0.6 is 0 Å². The van der Waals surface area contributed by atoms with Gasteiger partial charge in [-0.15, -0.1) is 0 Å². The van der Waals surface area contributed by atoms with E-state index in [1.165, 1.54) is 24.3 Å². The minimum Gasteiger partial charge on any atom is -0.289 e. The molecule has 22 heavy (non-hydrogen) atoms. The predicted molar refractivity (Wildman–Crippen MR) is 85.1 cm³/mol. The minimum absolute atomic E-state index is 0.214. The summed E-state index contributed by atoms with van der Waals surface area (Å²) in [5.74, 6) is -1.36. The van der Waals surface area contributed by atoms with Gasteiger partial charge in [0, 0.05) is 22.3 Å². The first-order valence-corrected chi connectivity index (χ1v) is 6.97. The molecule has 0 aromatic heterocycles. The second kappa shape index (κ2) is 6.94.